The lowest BCUT2D eigenvalue weighted by atomic mass is 10.2. The Morgan fingerprint density at radius 3 is 2.67 bits per heavy atom. The molecule has 1 heterocycles. The van der Waals surface area contributed by atoms with E-state index in [0.29, 0.717) is 16.7 Å². The van der Waals surface area contributed by atoms with Gasteiger partial charge in [-0.1, -0.05) is 29.8 Å². The molecule has 0 aliphatic rings. The van der Waals surface area contributed by atoms with E-state index in [0.717, 1.165) is 0 Å². The zero-order valence-electron chi connectivity index (χ0n) is 9.16. The van der Waals surface area contributed by atoms with Crippen LogP contribution in [0.3, 0.4) is 0 Å². The molecule has 0 amide bonds. The van der Waals surface area contributed by atoms with Crippen LogP contribution in [0.25, 0.3) is 0 Å². The van der Waals surface area contributed by atoms with E-state index in [1.165, 1.54) is 0 Å². The fraction of sp³-hybridized carbons (Fsp3) is 0.0833. The van der Waals surface area contributed by atoms with Crippen LogP contribution in [0.15, 0.2) is 30.3 Å². The van der Waals surface area contributed by atoms with Crippen LogP contribution in [0, 0.1) is 11.6 Å². The molecular formula is C12H9ClF2N2O. The number of anilines is 1. The van der Waals surface area contributed by atoms with Gasteiger partial charge in [0.15, 0.2) is 17.5 Å². The van der Waals surface area contributed by atoms with Gasteiger partial charge in [0.05, 0.1) is 0 Å². The SMILES string of the molecule is Nc1nc(OCc2ccccc2Cl)c(F)cc1F. The minimum absolute atomic E-state index is 0.0225. The molecule has 0 spiro atoms. The molecule has 2 rings (SSSR count). The second kappa shape index (κ2) is 5.18. The van der Waals surface area contributed by atoms with Crippen LogP contribution in [-0.2, 0) is 6.61 Å². The summed E-state index contributed by atoms with van der Waals surface area (Å²) in [5, 5.41) is 0.494. The molecule has 0 bridgehead atoms. The largest absolute Gasteiger partial charge is 0.471 e. The number of rotatable bonds is 3. The van der Waals surface area contributed by atoms with Crippen LogP contribution in [0.1, 0.15) is 5.56 Å². The van der Waals surface area contributed by atoms with E-state index < -0.39 is 17.5 Å². The zero-order chi connectivity index (χ0) is 13.1. The Kier molecular flexibility index (Phi) is 3.62. The average Bonchev–Trinajstić information content (AvgIpc) is 2.34. The van der Waals surface area contributed by atoms with Crippen LogP contribution in [0.5, 0.6) is 5.88 Å². The summed E-state index contributed by atoms with van der Waals surface area (Å²) in [6, 6.07) is 7.58. The number of benzene rings is 1. The Bertz CT molecular complexity index is 578. The molecule has 0 aliphatic carbocycles. The van der Waals surface area contributed by atoms with E-state index in [1.807, 2.05) is 0 Å². The molecule has 6 heteroatoms. The Balaban J connectivity index is 2.16. The molecule has 0 saturated carbocycles. The summed E-state index contributed by atoms with van der Waals surface area (Å²) in [4.78, 5) is 3.48. The van der Waals surface area contributed by atoms with E-state index in [2.05, 4.69) is 4.98 Å². The van der Waals surface area contributed by atoms with Crippen molar-refractivity contribution in [2.24, 2.45) is 0 Å². The Morgan fingerprint density at radius 2 is 1.94 bits per heavy atom. The maximum atomic E-state index is 13.3. The van der Waals surface area contributed by atoms with Gasteiger partial charge in [-0.2, -0.15) is 4.98 Å². The molecule has 2 aromatic rings. The number of pyridine rings is 1. The number of hydrogen-bond acceptors (Lipinski definition) is 3. The molecule has 0 unspecified atom stereocenters. The fourth-order valence-corrected chi connectivity index (χ4v) is 1.52. The molecule has 18 heavy (non-hydrogen) atoms. The highest BCUT2D eigenvalue weighted by molar-refractivity contribution is 6.31. The summed E-state index contributed by atoms with van der Waals surface area (Å²) in [7, 11) is 0. The number of nitrogens with two attached hydrogens (primary N) is 1. The smallest absolute Gasteiger partial charge is 0.252 e. The Hall–Kier alpha value is -1.88. The molecule has 0 radical (unpaired) electrons. The van der Waals surface area contributed by atoms with Gasteiger partial charge in [-0.3, -0.25) is 0 Å². The first-order chi connectivity index (χ1) is 8.58. The predicted molar refractivity (Wildman–Crippen MR) is 64.3 cm³/mol. The standard InChI is InChI=1S/C12H9ClF2N2O/c13-8-4-2-1-3-7(8)6-18-12-10(15)5-9(14)11(16)17-12/h1-5H,6H2,(H2,16,17). The van der Waals surface area contributed by atoms with Crippen LogP contribution in [0.2, 0.25) is 5.02 Å². The van der Waals surface area contributed by atoms with Gasteiger partial charge in [0.1, 0.15) is 6.61 Å². The van der Waals surface area contributed by atoms with Crippen molar-refractivity contribution in [3.63, 3.8) is 0 Å². The Morgan fingerprint density at radius 1 is 1.22 bits per heavy atom. The first kappa shape index (κ1) is 12.6. The van der Waals surface area contributed by atoms with Crippen LogP contribution >= 0.6 is 11.6 Å². The molecule has 1 aromatic carbocycles. The Labute approximate surface area is 107 Å². The van der Waals surface area contributed by atoms with Crippen molar-refractivity contribution in [3.05, 3.63) is 52.6 Å². The first-order valence-electron chi connectivity index (χ1n) is 5.05. The molecule has 0 aliphatic heterocycles. The van der Waals surface area contributed by atoms with Gasteiger partial charge >= 0.3 is 0 Å². The lowest BCUT2D eigenvalue weighted by Crippen LogP contribution is -2.04. The second-order valence-electron chi connectivity index (χ2n) is 3.52. The van der Waals surface area contributed by atoms with Crippen molar-refractivity contribution in [1.29, 1.82) is 0 Å². The van der Waals surface area contributed by atoms with Gasteiger partial charge in [-0.25, -0.2) is 8.78 Å². The minimum atomic E-state index is -0.919. The lowest BCUT2D eigenvalue weighted by Gasteiger charge is -2.08. The maximum Gasteiger partial charge on any atom is 0.252 e. The number of aromatic nitrogens is 1. The summed E-state index contributed by atoms with van der Waals surface area (Å²) in [6.45, 7) is 0.0225. The second-order valence-corrected chi connectivity index (χ2v) is 3.93. The average molecular weight is 271 g/mol. The van der Waals surface area contributed by atoms with Gasteiger partial charge < -0.3 is 10.5 Å². The molecular weight excluding hydrogens is 262 g/mol. The number of nitrogen functional groups attached to an aromatic ring is 1. The third-order valence-electron chi connectivity index (χ3n) is 2.25. The van der Waals surface area contributed by atoms with E-state index in [4.69, 9.17) is 22.1 Å². The monoisotopic (exact) mass is 270 g/mol. The fourth-order valence-electron chi connectivity index (χ4n) is 1.33. The van der Waals surface area contributed by atoms with Crippen molar-refractivity contribution in [3.8, 4) is 5.88 Å². The van der Waals surface area contributed by atoms with Crippen LogP contribution < -0.4 is 10.5 Å². The van der Waals surface area contributed by atoms with E-state index in [1.54, 1.807) is 24.3 Å². The van der Waals surface area contributed by atoms with E-state index >= 15 is 0 Å². The van der Waals surface area contributed by atoms with Crippen molar-refractivity contribution >= 4 is 17.4 Å². The molecule has 0 atom stereocenters. The molecule has 1 aromatic heterocycles. The molecule has 3 nitrogen and oxygen atoms in total. The van der Waals surface area contributed by atoms with Crippen molar-refractivity contribution < 1.29 is 13.5 Å². The summed E-state index contributed by atoms with van der Waals surface area (Å²) in [6.07, 6.45) is 0. The third kappa shape index (κ3) is 2.68. The summed E-state index contributed by atoms with van der Waals surface area (Å²) in [5.74, 6) is -2.59. The number of ether oxygens (including phenoxy) is 1. The number of hydrogen-bond donors (Lipinski definition) is 1. The van der Waals surface area contributed by atoms with Gasteiger partial charge in [-0.15, -0.1) is 0 Å². The summed E-state index contributed by atoms with van der Waals surface area (Å²) >= 11 is 5.91. The normalized spacial score (nSPS) is 10.4. The van der Waals surface area contributed by atoms with Crippen molar-refractivity contribution in [2.45, 2.75) is 6.61 Å². The number of halogens is 3. The highest BCUT2D eigenvalue weighted by Crippen LogP contribution is 2.21. The highest BCUT2D eigenvalue weighted by atomic mass is 35.5. The minimum Gasteiger partial charge on any atom is -0.471 e. The quantitative estimate of drug-likeness (QED) is 0.932. The summed E-state index contributed by atoms with van der Waals surface area (Å²) < 4.78 is 31.3. The molecule has 2 N–H and O–H groups in total. The topological polar surface area (TPSA) is 48.1 Å². The highest BCUT2D eigenvalue weighted by Gasteiger charge is 2.11. The van der Waals surface area contributed by atoms with Gasteiger partial charge in [0.25, 0.3) is 5.88 Å². The van der Waals surface area contributed by atoms with E-state index in [9.17, 15) is 8.78 Å². The van der Waals surface area contributed by atoms with Gasteiger partial charge in [-0.05, 0) is 6.07 Å². The molecule has 94 valence electrons. The summed E-state index contributed by atoms with van der Waals surface area (Å²) in [5.41, 5.74) is 5.90. The molecule has 0 fully saturated rings. The van der Waals surface area contributed by atoms with Crippen LogP contribution in [0.4, 0.5) is 14.6 Å². The van der Waals surface area contributed by atoms with Gasteiger partial charge in [0.2, 0.25) is 0 Å². The predicted octanol–water partition coefficient (Wildman–Crippen LogP) is 3.17. The zero-order valence-corrected chi connectivity index (χ0v) is 9.92. The van der Waals surface area contributed by atoms with Crippen molar-refractivity contribution in [2.75, 3.05) is 5.73 Å². The van der Waals surface area contributed by atoms with Crippen molar-refractivity contribution in [1.82, 2.24) is 4.98 Å². The van der Waals surface area contributed by atoms with E-state index in [-0.39, 0.29) is 12.5 Å². The molecule has 0 saturated heterocycles. The lowest BCUT2D eigenvalue weighted by molar-refractivity contribution is 0.276. The third-order valence-corrected chi connectivity index (χ3v) is 2.62. The number of nitrogens with zero attached hydrogens (tertiary/aromatic N) is 1. The van der Waals surface area contributed by atoms with Crippen LogP contribution in [-0.4, -0.2) is 4.98 Å². The first-order valence-corrected chi connectivity index (χ1v) is 5.43. The maximum absolute atomic E-state index is 13.3. The van der Waals surface area contributed by atoms with Gasteiger partial charge in [0, 0.05) is 16.7 Å².